The van der Waals surface area contributed by atoms with Crippen LogP contribution in [0.15, 0.2) is 23.3 Å². The first-order valence-corrected chi connectivity index (χ1v) is 7.44. The molecule has 20 heavy (non-hydrogen) atoms. The van der Waals surface area contributed by atoms with E-state index in [9.17, 15) is 9.90 Å². The highest BCUT2D eigenvalue weighted by Crippen LogP contribution is 2.61. The molecule has 112 valence electrons. The number of fused-ring (bicyclic) bond motifs is 1. The zero-order valence-electron chi connectivity index (χ0n) is 13.1. The number of carbonyl (C=O) groups excluding carboxylic acids is 1. The van der Waals surface area contributed by atoms with E-state index in [1.165, 1.54) is 12.5 Å². The fraction of sp³-hybridized carbons (Fsp3) is 0.706. The highest BCUT2D eigenvalue weighted by Gasteiger charge is 2.55. The van der Waals surface area contributed by atoms with E-state index in [-0.39, 0.29) is 5.97 Å². The van der Waals surface area contributed by atoms with Crippen molar-refractivity contribution in [3.63, 3.8) is 0 Å². The molecular formula is C17H26O3. The van der Waals surface area contributed by atoms with Gasteiger partial charge in [-0.3, -0.25) is 4.79 Å². The molecule has 3 nitrogen and oxygen atoms in total. The molecule has 0 amide bonds. The average Bonchev–Trinajstić information content (AvgIpc) is 2.83. The second kappa shape index (κ2) is 5.36. The third-order valence-electron chi connectivity index (χ3n) is 4.94. The molecule has 0 bridgehead atoms. The van der Waals surface area contributed by atoms with Crippen molar-refractivity contribution in [2.24, 2.45) is 17.3 Å². The van der Waals surface area contributed by atoms with Gasteiger partial charge in [0.15, 0.2) is 6.10 Å². The Bertz CT molecular complexity index is 459. The molecule has 2 aliphatic carbocycles. The molecule has 0 aromatic rings. The SMILES string of the molecule is CC(=O)O[C@@H]1/C(C)=C/[C@@H]2[C@H](CC/C(C)=C/[C@@H]1O)C2(C)C. The van der Waals surface area contributed by atoms with Gasteiger partial charge in [-0.1, -0.05) is 31.6 Å². The molecule has 1 saturated carbocycles. The normalized spacial score (nSPS) is 41.5. The predicted octanol–water partition coefficient (Wildman–Crippen LogP) is 3.24. The Morgan fingerprint density at radius 1 is 1.35 bits per heavy atom. The molecule has 0 aromatic carbocycles. The van der Waals surface area contributed by atoms with Crippen molar-refractivity contribution in [2.45, 2.75) is 59.7 Å². The van der Waals surface area contributed by atoms with Gasteiger partial charge in [0.1, 0.15) is 6.10 Å². The van der Waals surface area contributed by atoms with Crippen molar-refractivity contribution in [2.75, 3.05) is 0 Å². The first-order chi connectivity index (χ1) is 9.23. The Hall–Kier alpha value is -1.09. The maximum absolute atomic E-state index is 11.3. The average molecular weight is 278 g/mol. The topological polar surface area (TPSA) is 46.5 Å². The number of rotatable bonds is 1. The van der Waals surface area contributed by atoms with E-state index in [4.69, 9.17) is 4.74 Å². The highest BCUT2D eigenvalue weighted by atomic mass is 16.6. The Kier molecular flexibility index (Phi) is 4.10. The van der Waals surface area contributed by atoms with Gasteiger partial charge in [-0.05, 0) is 49.5 Å². The van der Waals surface area contributed by atoms with Crippen molar-refractivity contribution >= 4 is 5.97 Å². The smallest absolute Gasteiger partial charge is 0.303 e. The van der Waals surface area contributed by atoms with Gasteiger partial charge >= 0.3 is 5.97 Å². The first-order valence-electron chi connectivity index (χ1n) is 7.44. The van der Waals surface area contributed by atoms with Crippen molar-refractivity contribution in [3.05, 3.63) is 23.3 Å². The minimum Gasteiger partial charge on any atom is -0.455 e. The van der Waals surface area contributed by atoms with Gasteiger partial charge in [0.25, 0.3) is 0 Å². The molecular weight excluding hydrogens is 252 g/mol. The number of aliphatic hydroxyl groups excluding tert-OH is 1. The molecule has 0 radical (unpaired) electrons. The van der Waals surface area contributed by atoms with Crippen LogP contribution in [-0.4, -0.2) is 23.3 Å². The molecule has 3 heteroatoms. The monoisotopic (exact) mass is 278 g/mol. The lowest BCUT2D eigenvalue weighted by Crippen LogP contribution is -2.31. The van der Waals surface area contributed by atoms with Crippen molar-refractivity contribution < 1.29 is 14.6 Å². The van der Waals surface area contributed by atoms with E-state index in [0.29, 0.717) is 17.3 Å². The summed E-state index contributed by atoms with van der Waals surface area (Å²) in [7, 11) is 0. The highest BCUT2D eigenvalue weighted by molar-refractivity contribution is 5.66. The van der Waals surface area contributed by atoms with Crippen LogP contribution in [0, 0.1) is 17.3 Å². The van der Waals surface area contributed by atoms with E-state index in [1.807, 2.05) is 19.9 Å². The van der Waals surface area contributed by atoms with Gasteiger partial charge in [0.2, 0.25) is 0 Å². The summed E-state index contributed by atoms with van der Waals surface area (Å²) in [4.78, 5) is 11.3. The Morgan fingerprint density at radius 2 is 2.00 bits per heavy atom. The standard InChI is InChI=1S/C17H26O3/c1-10-6-7-13-14(17(13,4)5)9-11(2)16(15(19)8-10)20-12(3)18/h8-9,13-16,19H,6-7H2,1-5H3/b10-8+,11-9+/t13-,14+,15-,16+/m0/s1. The summed E-state index contributed by atoms with van der Waals surface area (Å²) in [6.45, 7) is 9.96. The lowest BCUT2D eigenvalue weighted by Gasteiger charge is -2.23. The van der Waals surface area contributed by atoms with E-state index in [1.54, 1.807) is 0 Å². The van der Waals surface area contributed by atoms with Crippen LogP contribution in [0.25, 0.3) is 0 Å². The van der Waals surface area contributed by atoms with Crippen molar-refractivity contribution in [1.82, 2.24) is 0 Å². The second-order valence-electron chi connectivity index (χ2n) is 6.94. The first kappa shape index (κ1) is 15.3. The fourth-order valence-electron chi connectivity index (χ4n) is 3.50. The Labute approximate surface area is 121 Å². The number of hydrogen-bond donors (Lipinski definition) is 1. The zero-order valence-corrected chi connectivity index (χ0v) is 13.1. The lowest BCUT2D eigenvalue weighted by molar-refractivity contribution is -0.148. The molecule has 4 atom stereocenters. The lowest BCUT2D eigenvalue weighted by atomic mass is 9.97. The summed E-state index contributed by atoms with van der Waals surface area (Å²) in [5.74, 6) is 0.865. The summed E-state index contributed by atoms with van der Waals surface area (Å²) in [5, 5.41) is 10.3. The van der Waals surface area contributed by atoms with E-state index >= 15 is 0 Å². The number of carbonyl (C=O) groups is 1. The number of esters is 1. The molecule has 0 spiro atoms. The summed E-state index contributed by atoms with van der Waals surface area (Å²) in [6, 6.07) is 0. The minimum atomic E-state index is -0.756. The summed E-state index contributed by atoms with van der Waals surface area (Å²) < 4.78 is 5.33. The zero-order chi connectivity index (χ0) is 15.1. The van der Waals surface area contributed by atoms with Crippen molar-refractivity contribution in [1.29, 1.82) is 0 Å². The van der Waals surface area contributed by atoms with Crippen LogP contribution in [0.3, 0.4) is 0 Å². The fourth-order valence-corrected chi connectivity index (χ4v) is 3.50. The summed E-state index contributed by atoms with van der Waals surface area (Å²) >= 11 is 0. The molecule has 2 aliphatic rings. The van der Waals surface area contributed by atoms with E-state index < -0.39 is 12.2 Å². The largest absolute Gasteiger partial charge is 0.455 e. The molecule has 1 N–H and O–H groups in total. The van der Waals surface area contributed by atoms with Crippen LogP contribution in [0.4, 0.5) is 0 Å². The number of hydrogen-bond acceptors (Lipinski definition) is 3. The maximum atomic E-state index is 11.3. The van der Waals surface area contributed by atoms with Gasteiger partial charge in [-0.15, -0.1) is 0 Å². The Morgan fingerprint density at radius 3 is 2.60 bits per heavy atom. The second-order valence-corrected chi connectivity index (χ2v) is 6.94. The third-order valence-corrected chi connectivity index (χ3v) is 4.94. The van der Waals surface area contributed by atoms with Crippen molar-refractivity contribution in [3.8, 4) is 0 Å². The van der Waals surface area contributed by atoms with Gasteiger partial charge in [0.05, 0.1) is 0 Å². The summed E-state index contributed by atoms with van der Waals surface area (Å²) in [6.07, 6.45) is 4.89. The molecule has 0 saturated heterocycles. The van der Waals surface area contributed by atoms with Crippen LogP contribution in [0.2, 0.25) is 0 Å². The van der Waals surface area contributed by atoms with E-state index in [0.717, 1.165) is 18.4 Å². The molecule has 1 fully saturated rings. The molecule has 2 rings (SSSR count). The molecule has 0 aromatic heterocycles. The van der Waals surface area contributed by atoms with Crippen LogP contribution in [0.5, 0.6) is 0 Å². The maximum Gasteiger partial charge on any atom is 0.303 e. The number of allylic oxidation sites excluding steroid dienone is 2. The van der Waals surface area contributed by atoms with Gasteiger partial charge in [-0.2, -0.15) is 0 Å². The minimum absolute atomic E-state index is 0.317. The third kappa shape index (κ3) is 2.98. The van der Waals surface area contributed by atoms with Crippen LogP contribution < -0.4 is 0 Å². The predicted molar refractivity (Wildman–Crippen MR) is 79.1 cm³/mol. The van der Waals surface area contributed by atoms with Gasteiger partial charge < -0.3 is 9.84 Å². The molecule has 0 aliphatic heterocycles. The van der Waals surface area contributed by atoms with Gasteiger partial charge in [0, 0.05) is 6.92 Å². The number of ether oxygens (including phenoxy) is 1. The van der Waals surface area contributed by atoms with Crippen LogP contribution in [-0.2, 0) is 9.53 Å². The molecule has 0 unspecified atom stereocenters. The molecule has 0 heterocycles. The quantitative estimate of drug-likeness (QED) is 0.591. The van der Waals surface area contributed by atoms with Gasteiger partial charge in [-0.25, -0.2) is 0 Å². The Balaban J connectivity index is 2.31. The van der Waals surface area contributed by atoms with Crippen LogP contribution >= 0.6 is 0 Å². The van der Waals surface area contributed by atoms with E-state index in [2.05, 4.69) is 19.9 Å². The number of aliphatic hydroxyl groups is 1. The van der Waals surface area contributed by atoms with Crippen LogP contribution in [0.1, 0.15) is 47.5 Å². The summed E-state index contributed by atoms with van der Waals surface area (Å²) in [5.41, 5.74) is 2.45.